The van der Waals surface area contributed by atoms with Crippen LogP contribution in [0.5, 0.6) is 11.5 Å². The first-order valence-electron chi connectivity index (χ1n) is 11.5. The van der Waals surface area contributed by atoms with Crippen LogP contribution in [0.2, 0.25) is 0 Å². The highest BCUT2D eigenvalue weighted by molar-refractivity contribution is 5.90. The van der Waals surface area contributed by atoms with Crippen molar-refractivity contribution in [3.63, 3.8) is 0 Å². The second-order valence-electron chi connectivity index (χ2n) is 8.49. The molecule has 7 nitrogen and oxygen atoms in total. The molecule has 1 saturated heterocycles. The number of benzene rings is 2. The third-order valence-corrected chi connectivity index (χ3v) is 6.21. The quantitative estimate of drug-likeness (QED) is 0.591. The summed E-state index contributed by atoms with van der Waals surface area (Å²) in [5.74, 6) is 2.14. The standard InChI is InChI=1S/C26H29N3O4/c30-26(27-21-8-9-24-25(17-21)33-16-15-32-24)29(19-23-7-4-14-31-23)22-10-12-28(13-11-22)18-20-5-2-1-3-6-20/h1-9,14,17,22H,10-13,15-16,18-19H2,(H,27,30). The number of anilines is 1. The molecule has 0 aliphatic carbocycles. The highest BCUT2D eigenvalue weighted by Gasteiger charge is 2.29. The van der Waals surface area contributed by atoms with Gasteiger partial charge >= 0.3 is 6.03 Å². The number of ether oxygens (including phenoxy) is 2. The smallest absolute Gasteiger partial charge is 0.322 e. The molecule has 3 heterocycles. The Bertz CT molecular complexity index is 1050. The number of rotatable bonds is 6. The van der Waals surface area contributed by atoms with Gasteiger partial charge in [-0.2, -0.15) is 0 Å². The van der Waals surface area contributed by atoms with Crippen molar-refractivity contribution in [2.24, 2.45) is 0 Å². The topological polar surface area (TPSA) is 67.2 Å². The minimum atomic E-state index is -0.135. The van der Waals surface area contributed by atoms with Crippen LogP contribution in [0.3, 0.4) is 0 Å². The molecule has 0 unspecified atom stereocenters. The first-order chi connectivity index (χ1) is 16.2. The molecule has 1 N–H and O–H groups in total. The molecule has 7 heteroatoms. The number of furan rings is 1. The Kier molecular flexibility index (Phi) is 6.48. The zero-order valence-electron chi connectivity index (χ0n) is 18.6. The summed E-state index contributed by atoms with van der Waals surface area (Å²) < 4.78 is 16.8. The van der Waals surface area contributed by atoms with E-state index < -0.39 is 0 Å². The van der Waals surface area contributed by atoms with E-state index in [1.54, 1.807) is 6.26 Å². The monoisotopic (exact) mass is 447 g/mol. The summed E-state index contributed by atoms with van der Waals surface area (Å²) in [6.07, 6.45) is 3.49. The molecule has 2 aliphatic heterocycles. The van der Waals surface area contributed by atoms with Gasteiger partial charge in [0.15, 0.2) is 11.5 Å². The minimum Gasteiger partial charge on any atom is -0.486 e. The van der Waals surface area contributed by atoms with E-state index in [1.165, 1.54) is 5.56 Å². The maximum Gasteiger partial charge on any atom is 0.322 e. The van der Waals surface area contributed by atoms with Gasteiger partial charge in [-0.15, -0.1) is 0 Å². The van der Waals surface area contributed by atoms with E-state index in [2.05, 4.69) is 34.5 Å². The lowest BCUT2D eigenvalue weighted by Gasteiger charge is -2.38. The van der Waals surface area contributed by atoms with Crippen molar-refractivity contribution in [2.45, 2.75) is 32.0 Å². The largest absolute Gasteiger partial charge is 0.486 e. The second-order valence-corrected chi connectivity index (χ2v) is 8.49. The van der Waals surface area contributed by atoms with Crippen LogP contribution in [0.1, 0.15) is 24.2 Å². The van der Waals surface area contributed by atoms with Crippen molar-refractivity contribution >= 4 is 11.7 Å². The molecule has 2 aliphatic rings. The number of piperidine rings is 1. The summed E-state index contributed by atoms with van der Waals surface area (Å²) in [7, 11) is 0. The molecule has 172 valence electrons. The Balaban J connectivity index is 1.25. The molecule has 33 heavy (non-hydrogen) atoms. The van der Waals surface area contributed by atoms with E-state index in [4.69, 9.17) is 13.9 Å². The van der Waals surface area contributed by atoms with Crippen LogP contribution in [0.4, 0.5) is 10.5 Å². The van der Waals surface area contributed by atoms with E-state index in [-0.39, 0.29) is 12.1 Å². The SMILES string of the molecule is O=C(Nc1ccc2c(c1)OCCO2)N(Cc1ccco1)C1CCN(Cc2ccccc2)CC1. The summed E-state index contributed by atoms with van der Waals surface area (Å²) in [6.45, 7) is 4.33. The zero-order valence-corrected chi connectivity index (χ0v) is 18.6. The number of carbonyl (C=O) groups is 1. The molecule has 2 amide bonds. The van der Waals surface area contributed by atoms with Crippen LogP contribution < -0.4 is 14.8 Å². The second kappa shape index (κ2) is 10.0. The van der Waals surface area contributed by atoms with E-state index in [0.29, 0.717) is 36.9 Å². The molecule has 0 saturated carbocycles. The number of nitrogens with zero attached hydrogens (tertiary/aromatic N) is 2. The number of urea groups is 1. The van der Waals surface area contributed by atoms with Gasteiger partial charge < -0.3 is 24.1 Å². The zero-order chi connectivity index (χ0) is 22.5. The molecule has 2 aromatic carbocycles. The van der Waals surface area contributed by atoms with Crippen molar-refractivity contribution in [1.82, 2.24) is 9.80 Å². The fourth-order valence-corrected chi connectivity index (χ4v) is 4.48. The normalized spacial score (nSPS) is 16.4. The van der Waals surface area contributed by atoms with Gasteiger partial charge in [-0.25, -0.2) is 4.79 Å². The lowest BCUT2D eigenvalue weighted by atomic mass is 10.0. The Morgan fingerprint density at radius 2 is 1.76 bits per heavy atom. The predicted octanol–water partition coefficient (Wildman–Crippen LogP) is 4.75. The molecule has 5 rings (SSSR count). The Hall–Kier alpha value is -3.45. The van der Waals surface area contributed by atoms with Gasteiger partial charge in [0, 0.05) is 37.4 Å². The van der Waals surface area contributed by atoms with E-state index in [1.807, 2.05) is 41.3 Å². The van der Waals surface area contributed by atoms with E-state index in [9.17, 15) is 4.79 Å². The maximum atomic E-state index is 13.4. The van der Waals surface area contributed by atoms with Crippen molar-refractivity contribution in [3.05, 3.63) is 78.3 Å². The third kappa shape index (κ3) is 5.31. The summed E-state index contributed by atoms with van der Waals surface area (Å²) >= 11 is 0. The summed E-state index contributed by atoms with van der Waals surface area (Å²) in [6, 6.07) is 19.8. The van der Waals surface area contributed by atoms with Crippen LogP contribution in [0, 0.1) is 0 Å². The summed E-state index contributed by atoms with van der Waals surface area (Å²) in [5.41, 5.74) is 2.01. The first-order valence-corrected chi connectivity index (χ1v) is 11.5. The molecule has 0 bridgehead atoms. The molecule has 0 spiro atoms. The van der Waals surface area contributed by atoms with Crippen LogP contribution in [-0.4, -0.2) is 48.2 Å². The van der Waals surface area contributed by atoms with Crippen molar-refractivity contribution in [3.8, 4) is 11.5 Å². The number of carbonyl (C=O) groups excluding carboxylic acids is 1. The van der Waals surface area contributed by atoms with Gasteiger partial charge in [0.2, 0.25) is 0 Å². The molecule has 1 fully saturated rings. The number of hydrogen-bond acceptors (Lipinski definition) is 5. The summed E-state index contributed by atoms with van der Waals surface area (Å²) in [4.78, 5) is 17.7. The number of nitrogens with one attached hydrogen (secondary N) is 1. The highest BCUT2D eigenvalue weighted by atomic mass is 16.6. The van der Waals surface area contributed by atoms with Crippen LogP contribution in [-0.2, 0) is 13.1 Å². The molecule has 0 radical (unpaired) electrons. The molecular weight excluding hydrogens is 418 g/mol. The van der Waals surface area contributed by atoms with E-state index in [0.717, 1.165) is 38.2 Å². The molecule has 1 aromatic heterocycles. The Labute approximate surface area is 193 Å². The fourth-order valence-electron chi connectivity index (χ4n) is 4.48. The molecular formula is C26H29N3O4. The predicted molar refractivity (Wildman–Crippen MR) is 125 cm³/mol. The van der Waals surface area contributed by atoms with Gasteiger partial charge in [-0.1, -0.05) is 30.3 Å². The average Bonchev–Trinajstić information content (AvgIpc) is 3.37. The molecule has 3 aromatic rings. The van der Waals surface area contributed by atoms with Gasteiger partial charge in [-0.3, -0.25) is 4.90 Å². The van der Waals surface area contributed by atoms with Gasteiger partial charge in [0.25, 0.3) is 0 Å². The van der Waals surface area contributed by atoms with Crippen LogP contribution in [0.25, 0.3) is 0 Å². The van der Waals surface area contributed by atoms with Gasteiger partial charge in [0.1, 0.15) is 19.0 Å². The van der Waals surface area contributed by atoms with Crippen molar-refractivity contribution in [1.29, 1.82) is 0 Å². The van der Waals surface area contributed by atoms with Crippen molar-refractivity contribution < 1.29 is 18.7 Å². The lowest BCUT2D eigenvalue weighted by molar-refractivity contribution is 0.115. The van der Waals surface area contributed by atoms with Crippen molar-refractivity contribution in [2.75, 3.05) is 31.6 Å². The van der Waals surface area contributed by atoms with Crippen LogP contribution >= 0.6 is 0 Å². The number of hydrogen-bond donors (Lipinski definition) is 1. The average molecular weight is 448 g/mol. The highest BCUT2D eigenvalue weighted by Crippen LogP contribution is 2.33. The number of amides is 2. The van der Waals surface area contributed by atoms with Gasteiger partial charge in [-0.05, 0) is 42.7 Å². The lowest BCUT2D eigenvalue weighted by Crippen LogP contribution is -2.48. The Morgan fingerprint density at radius 1 is 0.970 bits per heavy atom. The molecule has 0 atom stereocenters. The number of fused-ring (bicyclic) bond motifs is 1. The first kappa shape index (κ1) is 21.4. The number of likely N-dealkylation sites (tertiary alicyclic amines) is 1. The van der Waals surface area contributed by atoms with Gasteiger partial charge in [0.05, 0.1) is 12.8 Å². The maximum absolute atomic E-state index is 13.4. The fraction of sp³-hybridized carbons (Fsp3) is 0.346. The van der Waals surface area contributed by atoms with Crippen LogP contribution in [0.15, 0.2) is 71.3 Å². The Morgan fingerprint density at radius 3 is 2.52 bits per heavy atom. The van der Waals surface area contributed by atoms with E-state index >= 15 is 0 Å². The minimum absolute atomic E-state index is 0.135. The third-order valence-electron chi connectivity index (χ3n) is 6.21. The summed E-state index contributed by atoms with van der Waals surface area (Å²) in [5, 5.41) is 3.05.